The number of amides is 1. The van der Waals surface area contributed by atoms with Gasteiger partial charge in [0, 0.05) is 24.2 Å². The average molecular weight is 365 g/mol. The van der Waals surface area contributed by atoms with Crippen LogP contribution < -0.4 is 4.31 Å². The minimum absolute atomic E-state index is 0.0722. The number of rotatable bonds is 5. The number of nitrogens with zero attached hydrogens (tertiary/aromatic N) is 2. The summed E-state index contributed by atoms with van der Waals surface area (Å²) in [7, 11) is -3.28. The van der Waals surface area contributed by atoms with E-state index >= 15 is 0 Å². The molecule has 1 aromatic rings. The SMILES string of the molecule is CC(C)C(C)N(C(=O)c1ccc2c(c1)CCCN2S(C)(=O)=O)C1CC1. The molecule has 5 nitrogen and oxygen atoms in total. The van der Waals surface area contributed by atoms with Crippen LogP contribution in [0.3, 0.4) is 0 Å². The Hall–Kier alpha value is -1.56. The van der Waals surface area contributed by atoms with Crippen molar-refractivity contribution in [1.29, 1.82) is 0 Å². The minimum atomic E-state index is -3.28. The van der Waals surface area contributed by atoms with Crippen LogP contribution in [0, 0.1) is 5.92 Å². The van der Waals surface area contributed by atoms with Gasteiger partial charge in [-0.3, -0.25) is 9.10 Å². The van der Waals surface area contributed by atoms with Crippen LogP contribution in [0.5, 0.6) is 0 Å². The minimum Gasteiger partial charge on any atom is -0.333 e. The highest BCUT2D eigenvalue weighted by molar-refractivity contribution is 7.92. The second kappa shape index (κ2) is 6.63. The third-order valence-electron chi connectivity index (χ3n) is 5.38. The van der Waals surface area contributed by atoms with Gasteiger partial charge >= 0.3 is 0 Å². The Morgan fingerprint density at radius 1 is 1.24 bits per heavy atom. The summed E-state index contributed by atoms with van der Waals surface area (Å²) < 4.78 is 25.4. The van der Waals surface area contributed by atoms with Crippen LogP contribution in [-0.4, -0.2) is 44.1 Å². The molecule has 2 aliphatic rings. The average Bonchev–Trinajstić information content (AvgIpc) is 3.37. The van der Waals surface area contributed by atoms with Crippen molar-refractivity contribution in [2.24, 2.45) is 5.92 Å². The summed E-state index contributed by atoms with van der Waals surface area (Å²) in [5.41, 5.74) is 2.35. The van der Waals surface area contributed by atoms with Crippen molar-refractivity contribution in [3.05, 3.63) is 29.3 Å². The van der Waals surface area contributed by atoms with Crippen molar-refractivity contribution >= 4 is 21.6 Å². The van der Waals surface area contributed by atoms with Crippen molar-refractivity contribution in [2.45, 2.75) is 58.5 Å². The molecule has 3 rings (SSSR count). The Kier molecular flexibility index (Phi) is 4.84. The molecule has 0 saturated heterocycles. The highest BCUT2D eigenvalue weighted by atomic mass is 32.2. The van der Waals surface area contributed by atoms with Crippen LogP contribution in [-0.2, 0) is 16.4 Å². The lowest BCUT2D eigenvalue weighted by molar-refractivity contribution is 0.0627. The van der Waals surface area contributed by atoms with E-state index in [1.165, 1.54) is 10.6 Å². The molecule has 1 atom stereocenters. The van der Waals surface area contributed by atoms with E-state index in [4.69, 9.17) is 0 Å². The first-order valence-corrected chi connectivity index (χ1v) is 11.0. The lowest BCUT2D eigenvalue weighted by Crippen LogP contribution is -2.43. The largest absolute Gasteiger partial charge is 0.333 e. The van der Waals surface area contributed by atoms with Gasteiger partial charge in [-0.25, -0.2) is 8.42 Å². The van der Waals surface area contributed by atoms with Gasteiger partial charge in [0.15, 0.2) is 0 Å². The Labute approximate surface area is 151 Å². The fourth-order valence-corrected chi connectivity index (χ4v) is 4.54. The topological polar surface area (TPSA) is 57.7 Å². The molecule has 138 valence electrons. The monoisotopic (exact) mass is 364 g/mol. The summed E-state index contributed by atoms with van der Waals surface area (Å²) in [5.74, 6) is 0.478. The summed E-state index contributed by atoms with van der Waals surface area (Å²) in [6.45, 7) is 6.91. The van der Waals surface area contributed by atoms with Crippen molar-refractivity contribution in [1.82, 2.24) is 4.90 Å². The molecular weight excluding hydrogens is 336 g/mol. The van der Waals surface area contributed by atoms with Gasteiger partial charge in [-0.05, 0) is 62.3 Å². The molecule has 1 aliphatic carbocycles. The molecular formula is C19H28N2O3S. The maximum absolute atomic E-state index is 13.1. The third kappa shape index (κ3) is 3.68. The predicted octanol–water partition coefficient (Wildman–Crippen LogP) is 3.05. The normalized spacial score (nSPS) is 18.8. The molecule has 0 bridgehead atoms. The lowest BCUT2D eigenvalue weighted by atomic mass is 9.98. The van der Waals surface area contributed by atoms with Gasteiger partial charge in [-0.1, -0.05) is 13.8 Å². The first-order valence-electron chi connectivity index (χ1n) is 9.13. The zero-order valence-electron chi connectivity index (χ0n) is 15.5. The summed E-state index contributed by atoms with van der Waals surface area (Å²) in [4.78, 5) is 15.2. The standard InChI is InChI=1S/C19H28N2O3S/c1-13(2)14(3)21(17-8-9-17)19(22)16-7-10-18-15(12-16)6-5-11-20(18)25(4,23)24/h7,10,12-14,17H,5-6,8-9,11H2,1-4H3. The Morgan fingerprint density at radius 3 is 2.48 bits per heavy atom. The van der Waals surface area contributed by atoms with Crippen molar-refractivity contribution in [3.63, 3.8) is 0 Å². The fourth-order valence-electron chi connectivity index (χ4n) is 3.55. The van der Waals surface area contributed by atoms with E-state index in [1.807, 2.05) is 11.0 Å². The van der Waals surface area contributed by atoms with Gasteiger partial charge in [0.25, 0.3) is 5.91 Å². The third-order valence-corrected chi connectivity index (χ3v) is 6.56. The Morgan fingerprint density at radius 2 is 1.92 bits per heavy atom. The second-order valence-electron chi connectivity index (χ2n) is 7.71. The number of anilines is 1. The smallest absolute Gasteiger partial charge is 0.254 e. The zero-order valence-corrected chi connectivity index (χ0v) is 16.3. The summed E-state index contributed by atoms with van der Waals surface area (Å²) in [5, 5.41) is 0. The number of aryl methyl sites for hydroxylation is 1. The van der Waals surface area contributed by atoms with Crippen molar-refractivity contribution in [2.75, 3.05) is 17.1 Å². The van der Waals surface area contributed by atoms with E-state index in [1.54, 1.807) is 12.1 Å². The second-order valence-corrected chi connectivity index (χ2v) is 9.62. The molecule has 1 unspecified atom stereocenters. The van der Waals surface area contributed by atoms with Gasteiger partial charge in [0.05, 0.1) is 11.9 Å². The van der Waals surface area contributed by atoms with Crippen molar-refractivity contribution in [3.8, 4) is 0 Å². The zero-order chi connectivity index (χ0) is 18.4. The van der Waals surface area contributed by atoms with Crippen LogP contribution in [0.15, 0.2) is 18.2 Å². The van der Waals surface area contributed by atoms with E-state index in [0.29, 0.717) is 24.1 Å². The van der Waals surface area contributed by atoms with E-state index in [2.05, 4.69) is 20.8 Å². The molecule has 1 aliphatic heterocycles. The summed E-state index contributed by atoms with van der Waals surface area (Å²) in [6.07, 6.45) is 4.99. The van der Waals surface area contributed by atoms with E-state index < -0.39 is 10.0 Å². The van der Waals surface area contributed by atoms with Gasteiger partial charge in [-0.15, -0.1) is 0 Å². The van der Waals surface area contributed by atoms with Gasteiger partial charge < -0.3 is 4.90 Å². The molecule has 0 aromatic heterocycles. The predicted molar refractivity (Wildman–Crippen MR) is 100 cm³/mol. The van der Waals surface area contributed by atoms with E-state index in [-0.39, 0.29) is 11.9 Å². The molecule has 1 heterocycles. The first kappa shape index (κ1) is 18.2. The number of fused-ring (bicyclic) bond motifs is 1. The van der Waals surface area contributed by atoms with E-state index in [0.717, 1.165) is 36.9 Å². The number of hydrogen-bond donors (Lipinski definition) is 0. The molecule has 1 aromatic carbocycles. The van der Waals surface area contributed by atoms with Gasteiger partial charge in [-0.2, -0.15) is 0 Å². The number of benzene rings is 1. The lowest BCUT2D eigenvalue weighted by Gasteiger charge is -2.33. The van der Waals surface area contributed by atoms with Crippen LogP contribution in [0.25, 0.3) is 0 Å². The van der Waals surface area contributed by atoms with Crippen LogP contribution >= 0.6 is 0 Å². The van der Waals surface area contributed by atoms with Crippen LogP contribution in [0.4, 0.5) is 5.69 Å². The molecule has 6 heteroatoms. The van der Waals surface area contributed by atoms with Crippen LogP contribution in [0.2, 0.25) is 0 Å². The molecule has 25 heavy (non-hydrogen) atoms. The number of carbonyl (C=O) groups is 1. The number of hydrogen-bond acceptors (Lipinski definition) is 3. The van der Waals surface area contributed by atoms with Crippen LogP contribution in [0.1, 0.15) is 56.0 Å². The highest BCUT2D eigenvalue weighted by Gasteiger charge is 2.37. The maximum atomic E-state index is 13.1. The molecule has 0 N–H and O–H groups in total. The van der Waals surface area contributed by atoms with Crippen molar-refractivity contribution < 1.29 is 13.2 Å². The quantitative estimate of drug-likeness (QED) is 0.807. The molecule has 0 spiro atoms. The summed E-state index contributed by atoms with van der Waals surface area (Å²) >= 11 is 0. The molecule has 1 amide bonds. The molecule has 1 saturated carbocycles. The Balaban J connectivity index is 1.92. The Bertz CT molecular complexity index is 769. The number of carbonyl (C=O) groups excluding carboxylic acids is 1. The van der Waals surface area contributed by atoms with Gasteiger partial charge in [0.1, 0.15) is 0 Å². The molecule has 0 radical (unpaired) electrons. The number of sulfonamides is 1. The first-order chi connectivity index (χ1) is 11.7. The summed E-state index contributed by atoms with van der Waals surface area (Å²) in [6, 6.07) is 6.04. The fraction of sp³-hybridized carbons (Fsp3) is 0.632. The molecule has 1 fully saturated rings. The highest BCUT2D eigenvalue weighted by Crippen LogP contribution is 2.34. The maximum Gasteiger partial charge on any atom is 0.254 e. The van der Waals surface area contributed by atoms with E-state index in [9.17, 15) is 13.2 Å². The van der Waals surface area contributed by atoms with Gasteiger partial charge in [0.2, 0.25) is 10.0 Å².